The second kappa shape index (κ2) is 8.33. The van der Waals surface area contributed by atoms with Crippen molar-refractivity contribution in [1.29, 1.82) is 0 Å². The lowest BCUT2D eigenvalue weighted by molar-refractivity contribution is 0.0994. The maximum atomic E-state index is 14.0. The summed E-state index contributed by atoms with van der Waals surface area (Å²) in [6, 6.07) is 32.7. The van der Waals surface area contributed by atoms with Crippen LogP contribution in [0.5, 0.6) is 0 Å². The second-order valence-electron chi connectivity index (χ2n) is 11.1. The SMILES string of the molecule is CN(C(=O)c1ccc2c3ccc4c(=O)n5c6ccccc6nc5c5ccc(c6ccc(C=O)c1c26)c3c45)c1ccccc1. The van der Waals surface area contributed by atoms with E-state index in [1.165, 1.54) is 0 Å². The number of benzene rings is 7. The van der Waals surface area contributed by atoms with Gasteiger partial charge in [0, 0.05) is 45.4 Å². The highest BCUT2D eigenvalue weighted by Gasteiger charge is 2.24. The first kappa shape index (κ1) is 23.8. The Morgan fingerprint density at radius 3 is 2.00 bits per heavy atom. The van der Waals surface area contributed by atoms with Crippen molar-refractivity contribution in [2.24, 2.45) is 0 Å². The van der Waals surface area contributed by atoms with Gasteiger partial charge in [-0.05, 0) is 74.8 Å². The highest BCUT2D eigenvalue weighted by molar-refractivity contribution is 6.39. The lowest BCUT2D eigenvalue weighted by atomic mass is 9.85. The molecule has 0 fully saturated rings. The van der Waals surface area contributed by atoms with Crippen LogP contribution >= 0.6 is 0 Å². The standard InChI is InChI=1S/C37H21N3O3/c1-39(21-7-3-2-4-8-21)36(42)27-17-14-23-25-15-18-28-34-26(35-38-29-9-5-6-10-30(29)40(35)37(28)43)16-13-24(33(25)34)22-12-11-20(19-41)31(27)32(22)23/h2-19H,1H3. The van der Waals surface area contributed by atoms with E-state index < -0.39 is 0 Å². The van der Waals surface area contributed by atoms with E-state index in [1.54, 1.807) is 22.4 Å². The fourth-order valence-corrected chi connectivity index (χ4v) is 7.04. The van der Waals surface area contributed by atoms with E-state index in [9.17, 15) is 14.4 Å². The average Bonchev–Trinajstić information content (AvgIpc) is 3.46. The predicted molar refractivity (Wildman–Crippen MR) is 173 cm³/mol. The van der Waals surface area contributed by atoms with Crippen molar-refractivity contribution in [2.75, 3.05) is 11.9 Å². The Morgan fingerprint density at radius 1 is 0.674 bits per heavy atom. The highest BCUT2D eigenvalue weighted by Crippen LogP contribution is 2.45. The largest absolute Gasteiger partial charge is 0.311 e. The zero-order chi connectivity index (χ0) is 29.0. The molecule has 0 unspecified atom stereocenters. The first-order valence-electron chi connectivity index (χ1n) is 14.1. The third-order valence-electron chi connectivity index (χ3n) is 8.97. The summed E-state index contributed by atoms with van der Waals surface area (Å²) in [5, 5.41) is 8.67. The lowest BCUT2D eigenvalue weighted by Crippen LogP contribution is -2.26. The summed E-state index contributed by atoms with van der Waals surface area (Å²) in [5.41, 5.74) is 3.79. The fraction of sp³-hybridized carbons (Fsp3) is 0.0270. The zero-order valence-electron chi connectivity index (χ0n) is 23.0. The number of nitrogens with zero attached hydrogens (tertiary/aromatic N) is 3. The van der Waals surface area contributed by atoms with E-state index in [1.807, 2.05) is 91.0 Å². The third kappa shape index (κ3) is 2.96. The molecular weight excluding hydrogens is 534 g/mol. The van der Waals surface area contributed by atoms with Gasteiger partial charge in [-0.2, -0.15) is 0 Å². The van der Waals surface area contributed by atoms with Gasteiger partial charge in [-0.15, -0.1) is 0 Å². The Kier molecular flexibility index (Phi) is 4.61. The van der Waals surface area contributed by atoms with Crippen molar-refractivity contribution in [3.05, 3.63) is 125 Å². The quantitative estimate of drug-likeness (QED) is 0.128. The Bertz CT molecular complexity index is 2670. The summed E-state index contributed by atoms with van der Waals surface area (Å²) in [4.78, 5) is 46.7. The summed E-state index contributed by atoms with van der Waals surface area (Å²) in [6.07, 6.45) is 0.820. The van der Waals surface area contributed by atoms with Gasteiger partial charge < -0.3 is 4.90 Å². The zero-order valence-corrected chi connectivity index (χ0v) is 23.0. The smallest absolute Gasteiger partial charge is 0.264 e. The van der Waals surface area contributed by atoms with Crippen LogP contribution in [0.1, 0.15) is 20.7 Å². The number of aromatic nitrogens is 2. The monoisotopic (exact) mass is 555 g/mol. The van der Waals surface area contributed by atoms with Gasteiger partial charge in [0.05, 0.1) is 11.0 Å². The van der Waals surface area contributed by atoms with E-state index in [0.29, 0.717) is 27.5 Å². The number of imidazole rings is 1. The Balaban J connectivity index is 1.43. The molecule has 9 aromatic rings. The molecule has 0 bridgehead atoms. The number of anilines is 1. The minimum atomic E-state index is -0.196. The number of para-hydroxylation sites is 3. The van der Waals surface area contributed by atoms with Gasteiger partial charge in [-0.3, -0.25) is 18.8 Å². The molecule has 0 aliphatic heterocycles. The van der Waals surface area contributed by atoms with E-state index in [0.717, 1.165) is 66.1 Å². The van der Waals surface area contributed by atoms with Crippen LogP contribution in [0.15, 0.2) is 108 Å². The van der Waals surface area contributed by atoms with Crippen molar-refractivity contribution < 1.29 is 9.59 Å². The van der Waals surface area contributed by atoms with Crippen molar-refractivity contribution >= 4 is 88.4 Å². The van der Waals surface area contributed by atoms with E-state index in [-0.39, 0.29) is 11.5 Å². The number of hydrogen-bond acceptors (Lipinski definition) is 4. The number of fused-ring (bicyclic) bond motifs is 6. The number of carbonyl (C=O) groups is 2. The fourth-order valence-electron chi connectivity index (χ4n) is 7.04. The van der Waals surface area contributed by atoms with E-state index >= 15 is 0 Å². The summed E-state index contributed by atoms with van der Waals surface area (Å²) < 4.78 is 1.71. The van der Waals surface area contributed by atoms with Crippen LogP contribution in [0.25, 0.3) is 70.5 Å². The number of pyridine rings is 1. The van der Waals surface area contributed by atoms with Crippen molar-refractivity contribution in [3.63, 3.8) is 0 Å². The normalized spacial score (nSPS) is 12.1. The molecule has 202 valence electrons. The van der Waals surface area contributed by atoms with Crippen LogP contribution in [-0.4, -0.2) is 28.6 Å². The molecule has 9 rings (SSSR count). The Morgan fingerprint density at radius 2 is 1.26 bits per heavy atom. The molecule has 0 aliphatic rings. The summed E-state index contributed by atoms with van der Waals surface area (Å²) >= 11 is 0. The molecule has 0 saturated heterocycles. The van der Waals surface area contributed by atoms with Crippen LogP contribution in [0.3, 0.4) is 0 Å². The van der Waals surface area contributed by atoms with E-state index in [4.69, 9.17) is 4.98 Å². The Hall–Kier alpha value is -5.88. The third-order valence-corrected chi connectivity index (χ3v) is 8.97. The second-order valence-corrected chi connectivity index (χ2v) is 11.1. The molecule has 7 aromatic carbocycles. The minimum absolute atomic E-state index is 0.1000. The number of aldehydes is 1. The van der Waals surface area contributed by atoms with Gasteiger partial charge in [-0.1, -0.05) is 60.7 Å². The molecule has 43 heavy (non-hydrogen) atoms. The van der Waals surface area contributed by atoms with Gasteiger partial charge in [-0.25, -0.2) is 4.98 Å². The van der Waals surface area contributed by atoms with Crippen LogP contribution < -0.4 is 10.5 Å². The van der Waals surface area contributed by atoms with Gasteiger partial charge in [0.1, 0.15) is 5.65 Å². The summed E-state index contributed by atoms with van der Waals surface area (Å²) in [6.45, 7) is 0. The van der Waals surface area contributed by atoms with Gasteiger partial charge >= 0.3 is 0 Å². The van der Waals surface area contributed by atoms with Crippen LogP contribution in [-0.2, 0) is 0 Å². The van der Waals surface area contributed by atoms with Crippen LogP contribution in [0.2, 0.25) is 0 Å². The first-order chi connectivity index (χ1) is 21.1. The van der Waals surface area contributed by atoms with Crippen molar-refractivity contribution in [2.45, 2.75) is 0 Å². The number of carbonyl (C=O) groups excluding carboxylic acids is 2. The maximum Gasteiger partial charge on any atom is 0.264 e. The van der Waals surface area contributed by atoms with Crippen LogP contribution in [0, 0.1) is 0 Å². The van der Waals surface area contributed by atoms with Crippen molar-refractivity contribution in [1.82, 2.24) is 9.38 Å². The average molecular weight is 556 g/mol. The molecule has 2 aromatic heterocycles. The molecule has 1 amide bonds. The van der Waals surface area contributed by atoms with Crippen molar-refractivity contribution in [3.8, 4) is 0 Å². The van der Waals surface area contributed by atoms with Gasteiger partial charge in [0.15, 0.2) is 6.29 Å². The molecule has 0 aliphatic carbocycles. The molecule has 6 nitrogen and oxygen atoms in total. The molecule has 0 spiro atoms. The first-order valence-corrected chi connectivity index (χ1v) is 14.1. The molecule has 0 atom stereocenters. The Labute approximate surface area is 243 Å². The maximum absolute atomic E-state index is 14.0. The summed E-state index contributed by atoms with van der Waals surface area (Å²) in [5.74, 6) is -0.196. The molecule has 0 saturated carbocycles. The molecule has 0 radical (unpaired) electrons. The molecule has 0 N–H and O–H groups in total. The number of amides is 1. The lowest BCUT2D eigenvalue weighted by Gasteiger charge is -2.21. The molecule has 6 heteroatoms. The predicted octanol–water partition coefficient (Wildman–Crippen LogP) is 7.58. The van der Waals surface area contributed by atoms with E-state index in [2.05, 4.69) is 6.07 Å². The minimum Gasteiger partial charge on any atom is -0.311 e. The van der Waals surface area contributed by atoms with Crippen LogP contribution in [0.4, 0.5) is 5.69 Å². The summed E-state index contributed by atoms with van der Waals surface area (Å²) in [7, 11) is 1.75. The highest BCUT2D eigenvalue weighted by atomic mass is 16.2. The molecule has 2 heterocycles. The topological polar surface area (TPSA) is 71.8 Å². The number of rotatable bonds is 3. The number of hydrogen-bond donors (Lipinski definition) is 0. The molecular formula is C37H21N3O3. The van der Waals surface area contributed by atoms with Gasteiger partial charge in [0.25, 0.3) is 11.5 Å². The van der Waals surface area contributed by atoms with Gasteiger partial charge in [0.2, 0.25) is 0 Å².